The number of furan rings is 1. The fourth-order valence-electron chi connectivity index (χ4n) is 2.94. The summed E-state index contributed by atoms with van der Waals surface area (Å²) in [7, 11) is -4.31. The zero-order valence-corrected chi connectivity index (χ0v) is 13.7. The Kier molecular flexibility index (Phi) is 4.98. The first-order chi connectivity index (χ1) is 11.5. The predicted octanol–water partition coefficient (Wildman–Crippen LogP) is 2.67. The molecular formula is C16H18F2N2O3S. The molecule has 1 aliphatic rings. The van der Waals surface area contributed by atoms with Gasteiger partial charge in [0.1, 0.15) is 17.4 Å². The van der Waals surface area contributed by atoms with Crippen LogP contribution in [0.4, 0.5) is 8.78 Å². The van der Waals surface area contributed by atoms with E-state index in [0.717, 1.165) is 44.1 Å². The number of hydrogen-bond donors (Lipinski definition) is 1. The van der Waals surface area contributed by atoms with Crippen LogP contribution in [0.2, 0.25) is 0 Å². The van der Waals surface area contributed by atoms with Crippen molar-refractivity contribution in [1.29, 1.82) is 0 Å². The Labute approximate surface area is 139 Å². The monoisotopic (exact) mass is 356 g/mol. The number of rotatable bonds is 6. The van der Waals surface area contributed by atoms with Crippen molar-refractivity contribution in [3.05, 3.63) is 54.0 Å². The van der Waals surface area contributed by atoms with E-state index in [-0.39, 0.29) is 12.6 Å². The summed E-state index contributed by atoms with van der Waals surface area (Å²) < 4.78 is 59.9. The van der Waals surface area contributed by atoms with Crippen molar-refractivity contribution in [3.8, 4) is 0 Å². The predicted molar refractivity (Wildman–Crippen MR) is 83.8 cm³/mol. The second kappa shape index (κ2) is 7.00. The molecule has 0 bridgehead atoms. The van der Waals surface area contributed by atoms with Gasteiger partial charge in [-0.3, -0.25) is 4.90 Å². The van der Waals surface area contributed by atoms with Crippen LogP contribution < -0.4 is 4.72 Å². The van der Waals surface area contributed by atoms with E-state index in [1.807, 2.05) is 0 Å². The van der Waals surface area contributed by atoms with Crippen LogP contribution in [-0.2, 0) is 10.0 Å². The third-order valence-corrected chi connectivity index (χ3v) is 5.58. The van der Waals surface area contributed by atoms with Gasteiger partial charge in [0.15, 0.2) is 4.90 Å². The highest BCUT2D eigenvalue weighted by molar-refractivity contribution is 7.89. The summed E-state index contributed by atoms with van der Waals surface area (Å²) in [5, 5.41) is 0. The lowest BCUT2D eigenvalue weighted by Gasteiger charge is -2.26. The Morgan fingerprint density at radius 3 is 2.38 bits per heavy atom. The van der Waals surface area contributed by atoms with Crippen molar-refractivity contribution in [2.45, 2.75) is 23.8 Å². The Bertz CT molecular complexity index is 767. The molecule has 0 aliphatic carbocycles. The highest BCUT2D eigenvalue weighted by Gasteiger charge is 2.29. The van der Waals surface area contributed by atoms with Gasteiger partial charge in [-0.25, -0.2) is 21.9 Å². The van der Waals surface area contributed by atoms with Gasteiger partial charge in [0.2, 0.25) is 10.0 Å². The minimum absolute atomic E-state index is 0.0242. The van der Waals surface area contributed by atoms with E-state index >= 15 is 0 Å². The highest BCUT2D eigenvalue weighted by atomic mass is 32.2. The second-order valence-corrected chi connectivity index (χ2v) is 7.38. The van der Waals surface area contributed by atoms with Crippen molar-refractivity contribution >= 4 is 10.0 Å². The van der Waals surface area contributed by atoms with Gasteiger partial charge in [0.25, 0.3) is 0 Å². The van der Waals surface area contributed by atoms with Crippen molar-refractivity contribution in [1.82, 2.24) is 9.62 Å². The van der Waals surface area contributed by atoms with E-state index in [0.29, 0.717) is 5.76 Å². The standard InChI is InChI=1S/C16H18F2N2O3S/c17-12-5-3-6-13(18)16(12)24(21,22)19-11-14(15-7-4-10-23-15)20-8-1-2-9-20/h3-7,10,14,19H,1-2,8-9,11H2. The van der Waals surface area contributed by atoms with Crippen LogP contribution in [0.5, 0.6) is 0 Å². The van der Waals surface area contributed by atoms with Crippen LogP contribution in [0.25, 0.3) is 0 Å². The molecule has 1 aromatic heterocycles. The molecule has 2 heterocycles. The molecule has 3 rings (SSSR count). The van der Waals surface area contributed by atoms with Crippen LogP contribution >= 0.6 is 0 Å². The van der Waals surface area contributed by atoms with Crippen LogP contribution in [0.15, 0.2) is 45.9 Å². The zero-order valence-electron chi connectivity index (χ0n) is 12.9. The third-order valence-electron chi connectivity index (χ3n) is 4.11. The first-order valence-electron chi connectivity index (χ1n) is 7.70. The van der Waals surface area contributed by atoms with Gasteiger partial charge < -0.3 is 4.42 Å². The van der Waals surface area contributed by atoms with Crippen molar-refractivity contribution in [2.24, 2.45) is 0 Å². The first kappa shape index (κ1) is 17.1. The maximum atomic E-state index is 13.8. The van der Waals surface area contributed by atoms with Gasteiger partial charge >= 0.3 is 0 Å². The van der Waals surface area contributed by atoms with E-state index in [9.17, 15) is 17.2 Å². The number of hydrogen-bond acceptors (Lipinski definition) is 4. The molecule has 1 aliphatic heterocycles. The summed E-state index contributed by atoms with van der Waals surface area (Å²) >= 11 is 0. The number of likely N-dealkylation sites (tertiary alicyclic amines) is 1. The quantitative estimate of drug-likeness (QED) is 0.864. The van der Waals surface area contributed by atoms with Crippen LogP contribution in [0.3, 0.4) is 0 Å². The zero-order chi connectivity index (χ0) is 17.2. The first-order valence-corrected chi connectivity index (χ1v) is 9.18. The highest BCUT2D eigenvalue weighted by Crippen LogP contribution is 2.26. The SMILES string of the molecule is O=S(=O)(NCC(c1ccco1)N1CCCC1)c1c(F)cccc1F. The van der Waals surface area contributed by atoms with E-state index in [4.69, 9.17) is 4.42 Å². The van der Waals surface area contributed by atoms with E-state index < -0.39 is 26.6 Å². The fraction of sp³-hybridized carbons (Fsp3) is 0.375. The Hall–Kier alpha value is -1.77. The number of benzene rings is 1. The molecule has 0 saturated carbocycles. The maximum Gasteiger partial charge on any atom is 0.246 e. The number of nitrogens with zero attached hydrogens (tertiary/aromatic N) is 1. The fourth-order valence-corrected chi connectivity index (χ4v) is 4.11. The van der Waals surface area contributed by atoms with E-state index in [1.54, 1.807) is 12.1 Å². The smallest absolute Gasteiger partial charge is 0.246 e. The molecule has 1 fully saturated rings. The van der Waals surface area contributed by atoms with Gasteiger partial charge in [0, 0.05) is 6.54 Å². The molecule has 0 spiro atoms. The summed E-state index contributed by atoms with van der Waals surface area (Å²) in [6, 6.07) is 6.14. The summed E-state index contributed by atoms with van der Waals surface area (Å²) in [6.45, 7) is 1.62. The Balaban J connectivity index is 1.81. The molecule has 1 N–H and O–H groups in total. The molecule has 8 heteroatoms. The summed E-state index contributed by atoms with van der Waals surface area (Å²) in [4.78, 5) is 1.14. The largest absolute Gasteiger partial charge is 0.468 e. The van der Waals surface area contributed by atoms with Crippen LogP contribution in [0.1, 0.15) is 24.6 Å². The minimum Gasteiger partial charge on any atom is -0.468 e. The number of nitrogens with one attached hydrogen (secondary N) is 1. The van der Waals surface area contributed by atoms with Crippen LogP contribution in [-0.4, -0.2) is 33.0 Å². The normalized spacial score (nSPS) is 17.2. The lowest BCUT2D eigenvalue weighted by atomic mass is 10.2. The van der Waals surface area contributed by atoms with Crippen molar-refractivity contribution in [2.75, 3.05) is 19.6 Å². The lowest BCUT2D eigenvalue weighted by Crippen LogP contribution is -2.37. The maximum absolute atomic E-state index is 13.8. The van der Waals surface area contributed by atoms with Gasteiger partial charge in [-0.05, 0) is 50.2 Å². The van der Waals surface area contributed by atoms with E-state index in [1.165, 1.54) is 6.26 Å². The molecule has 5 nitrogen and oxygen atoms in total. The average molecular weight is 356 g/mol. The van der Waals surface area contributed by atoms with Gasteiger partial charge in [-0.1, -0.05) is 6.07 Å². The average Bonchev–Trinajstić information content (AvgIpc) is 3.20. The number of sulfonamides is 1. The molecule has 1 saturated heterocycles. The Morgan fingerprint density at radius 2 is 1.79 bits per heavy atom. The molecular weight excluding hydrogens is 338 g/mol. The second-order valence-electron chi connectivity index (χ2n) is 5.68. The lowest BCUT2D eigenvalue weighted by molar-refractivity contribution is 0.216. The third kappa shape index (κ3) is 3.50. The van der Waals surface area contributed by atoms with Gasteiger partial charge in [-0.2, -0.15) is 0 Å². The molecule has 1 atom stereocenters. The Morgan fingerprint density at radius 1 is 1.12 bits per heavy atom. The van der Waals surface area contributed by atoms with Crippen LogP contribution in [0, 0.1) is 11.6 Å². The van der Waals surface area contributed by atoms with Gasteiger partial charge in [0.05, 0.1) is 12.3 Å². The molecule has 1 unspecified atom stereocenters. The molecule has 0 radical (unpaired) electrons. The topological polar surface area (TPSA) is 62.6 Å². The number of halogens is 2. The van der Waals surface area contributed by atoms with E-state index in [2.05, 4.69) is 9.62 Å². The summed E-state index contributed by atoms with van der Waals surface area (Å²) in [6.07, 6.45) is 3.56. The molecule has 0 amide bonds. The van der Waals surface area contributed by atoms with Crippen molar-refractivity contribution in [3.63, 3.8) is 0 Å². The molecule has 24 heavy (non-hydrogen) atoms. The summed E-state index contributed by atoms with van der Waals surface area (Å²) in [5.74, 6) is -1.61. The van der Waals surface area contributed by atoms with Crippen molar-refractivity contribution < 1.29 is 21.6 Å². The molecule has 2 aromatic rings. The minimum atomic E-state index is -4.31. The summed E-state index contributed by atoms with van der Waals surface area (Å²) in [5.41, 5.74) is 0. The molecule has 130 valence electrons. The molecule has 1 aromatic carbocycles. The van der Waals surface area contributed by atoms with Gasteiger partial charge in [-0.15, -0.1) is 0 Å².